The number of likely N-dealkylation sites (tertiary alicyclic amines) is 1. The van der Waals surface area contributed by atoms with Crippen LogP contribution in [-0.2, 0) is 14.8 Å². The van der Waals surface area contributed by atoms with Crippen molar-refractivity contribution in [1.82, 2.24) is 9.62 Å². The number of benzene rings is 1. The number of carbonyl (C=O) groups excluding carboxylic acids is 1. The molecule has 1 N–H and O–H groups in total. The molecule has 2 aliphatic rings. The largest absolute Gasteiger partial charge is 0.451 e. The molecule has 0 bridgehead atoms. The van der Waals surface area contributed by atoms with Gasteiger partial charge in [-0.3, -0.25) is 4.79 Å². The van der Waals surface area contributed by atoms with Crippen molar-refractivity contribution >= 4 is 26.9 Å². The fourth-order valence-corrected chi connectivity index (χ4v) is 4.19. The SMILES string of the molecule is CS(=O)(=O)NC[C@@H]1CO[C@H]2CN(C(=O)c3cc4ccccc4o3)C[C@@H]12. The number of nitrogens with zero attached hydrogens (tertiary/aromatic N) is 1. The topological polar surface area (TPSA) is 88.9 Å². The number of ether oxygens (including phenoxy) is 1. The van der Waals surface area contributed by atoms with E-state index in [1.807, 2.05) is 24.3 Å². The average Bonchev–Trinajstić information content (AvgIpc) is 3.25. The van der Waals surface area contributed by atoms with E-state index < -0.39 is 10.0 Å². The summed E-state index contributed by atoms with van der Waals surface area (Å²) >= 11 is 0. The minimum atomic E-state index is -3.23. The molecule has 1 aromatic carbocycles. The van der Waals surface area contributed by atoms with Gasteiger partial charge in [0.15, 0.2) is 5.76 Å². The molecular formula is C17H20N2O5S. The van der Waals surface area contributed by atoms with Crippen molar-refractivity contribution in [2.24, 2.45) is 11.8 Å². The van der Waals surface area contributed by atoms with Crippen molar-refractivity contribution in [3.63, 3.8) is 0 Å². The van der Waals surface area contributed by atoms with E-state index in [0.29, 0.717) is 37.6 Å². The Morgan fingerprint density at radius 1 is 1.32 bits per heavy atom. The summed E-state index contributed by atoms with van der Waals surface area (Å²) < 4.78 is 36.6. The van der Waals surface area contributed by atoms with E-state index in [1.165, 1.54) is 0 Å². The second kappa shape index (κ2) is 6.12. The Balaban J connectivity index is 1.45. The van der Waals surface area contributed by atoms with Gasteiger partial charge in [0.2, 0.25) is 10.0 Å². The fourth-order valence-electron chi connectivity index (χ4n) is 3.68. The molecule has 7 nitrogen and oxygen atoms in total. The molecule has 0 aliphatic carbocycles. The molecule has 2 aliphatic heterocycles. The molecule has 8 heteroatoms. The van der Waals surface area contributed by atoms with Gasteiger partial charge in [-0.25, -0.2) is 13.1 Å². The fraction of sp³-hybridized carbons (Fsp3) is 0.471. The maximum absolute atomic E-state index is 12.7. The van der Waals surface area contributed by atoms with Gasteiger partial charge in [0.05, 0.1) is 19.0 Å². The highest BCUT2D eigenvalue weighted by Crippen LogP contribution is 2.34. The number of hydrogen-bond acceptors (Lipinski definition) is 5. The van der Waals surface area contributed by atoms with Gasteiger partial charge < -0.3 is 14.1 Å². The van der Waals surface area contributed by atoms with Crippen molar-refractivity contribution in [2.45, 2.75) is 6.10 Å². The van der Waals surface area contributed by atoms with Gasteiger partial charge in [0.25, 0.3) is 5.91 Å². The zero-order valence-electron chi connectivity index (χ0n) is 13.8. The smallest absolute Gasteiger partial charge is 0.289 e. The number of para-hydroxylation sites is 1. The molecule has 3 atom stereocenters. The number of carbonyl (C=O) groups is 1. The number of amides is 1. The van der Waals surface area contributed by atoms with Crippen molar-refractivity contribution in [3.8, 4) is 0 Å². The molecule has 1 aromatic heterocycles. The van der Waals surface area contributed by atoms with Crippen molar-refractivity contribution in [1.29, 1.82) is 0 Å². The normalized spacial score (nSPS) is 26.3. The first-order valence-electron chi connectivity index (χ1n) is 8.25. The summed E-state index contributed by atoms with van der Waals surface area (Å²) in [6, 6.07) is 9.27. The Morgan fingerprint density at radius 3 is 2.88 bits per heavy atom. The Morgan fingerprint density at radius 2 is 2.12 bits per heavy atom. The lowest BCUT2D eigenvalue weighted by molar-refractivity contribution is 0.0654. The van der Waals surface area contributed by atoms with Crippen LogP contribution in [0.2, 0.25) is 0 Å². The van der Waals surface area contributed by atoms with E-state index in [0.717, 1.165) is 11.6 Å². The van der Waals surface area contributed by atoms with E-state index in [2.05, 4.69) is 4.72 Å². The van der Waals surface area contributed by atoms with Crippen LogP contribution in [0.15, 0.2) is 34.7 Å². The second-order valence-corrected chi connectivity index (χ2v) is 8.61. The zero-order chi connectivity index (χ0) is 17.6. The molecule has 0 radical (unpaired) electrons. The summed E-state index contributed by atoms with van der Waals surface area (Å²) in [4.78, 5) is 14.5. The molecule has 2 aromatic rings. The molecular weight excluding hydrogens is 344 g/mol. The van der Waals surface area contributed by atoms with Crippen LogP contribution in [0.4, 0.5) is 0 Å². The highest BCUT2D eigenvalue weighted by Gasteiger charge is 2.45. The Labute approximate surface area is 146 Å². The minimum absolute atomic E-state index is 0.0420. The van der Waals surface area contributed by atoms with Crippen molar-refractivity contribution in [2.75, 3.05) is 32.5 Å². The van der Waals surface area contributed by atoms with E-state index in [1.54, 1.807) is 11.0 Å². The number of nitrogens with one attached hydrogen (secondary N) is 1. The molecule has 0 spiro atoms. The van der Waals surface area contributed by atoms with Gasteiger partial charge in [-0.15, -0.1) is 0 Å². The van der Waals surface area contributed by atoms with Gasteiger partial charge >= 0.3 is 0 Å². The first-order valence-corrected chi connectivity index (χ1v) is 10.1. The van der Waals surface area contributed by atoms with Gasteiger partial charge in [0, 0.05) is 36.9 Å². The van der Waals surface area contributed by atoms with Crippen molar-refractivity contribution < 1.29 is 22.4 Å². The van der Waals surface area contributed by atoms with Crippen LogP contribution in [0, 0.1) is 11.8 Å². The van der Waals surface area contributed by atoms with Crippen molar-refractivity contribution in [3.05, 3.63) is 36.1 Å². The third-order valence-corrected chi connectivity index (χ3v) is 5.66. The van der Waals surface area contributed by atoms with Crippen LogP contribution in [0.1, 0.15) is 10.6 Å². The summed E-state index contributed by atoms with van der Waals surface area (Å²) in [7, 11) is -3.23. The Hall–Kier alpha value is -1.90. The predicted molar refractivity (Wildman–Crippen MR) is 91.7 cm³/mol. The molecule has 0 unspecified atom stereocenters. The molecule has 0 saturated carbocycles. The number of furan rings is 1. The van der Waals surface area contributed by atoms with Gasteiger partial charge in [-0.1, -0.05) is 18.2 Å². The number of rotatable bonds is 4. The molecule has 4 rings (SSSR count). The molecule has 1 amide bonds. The molecule has 134 valence electrons. The van der Waals surface area contributed by atoms with E-state index in [4.69, 9.17) is 9.15 Å². The summed E-state index contributed by atoms with van der Waals surface area (Å²) in [5.41, 5.74) is 0.691. The van der Waals surface area contributed by atoms with Crippen LogP contribution in [-0.4, -0.2) is 57.8 Å². The van der Waals surface area contributed by atoms with Gasteiger partial charge in [-0.05, 0) is 12.1 Å². The first-order chi connectivity index (χ1) is 11.9. The number of fused-ring (bicyclic) bond motifs is 2. The molecule has 2 fully saturated rings. The highest BCUT2D eigenvalue weighted by molar-refractivity contribution is 7.88. The molecule has 3 heterocycles. The quantitative estimate of drug-likeness (QED) is 0.877. The summed E-state index contributed by atoms with van der Waals surface area (Å²) in [5.74, 6) is 0.395. The lowest BCUT2D eigenvalue weighted by Gasteiger charge is -2.19. The predicted octanol–water partition coefficient (Wildman–Crippen LogP) is 1.07. The van der Waals surface area contributed by atoms with Crippen LogP contribution < -0.4 is 4.72 Å². The van der Waals surface area contributed by atoms with E-state index >= 15 is 0 Å². The maximum atomic E-state index is 12.7. The second-order valence-electron chi connectivity index (χ2n) is 6.77. The monoisotopic (exact) mass is 364 g/mol. The van der Waals surface area contributed by atoms with Crippen LogP contribution >= 0.6 is 0 Å². The van der Waals surface area contributed by atoms with Gasteiger partial charge in [-0.2, -0.15) is 0 Å². The molecule has 2 saturated heterocycles. The highest BCUT2D eigenvalue weighted by atomic mass is 32.2. The van der Waals surface area contributed by atoms with E-state index in [-0.39, 0.29) is 23.8 Å². The van der Waals surface area contributed by atoms with Gasteiger partial charge in [0.1, 0.15) is 5.58 Å². The zero-order valence-corrected chi connectivity index (χ0v) is 14.7. The Kier molecular flexibility index (Phi) is 4.05. The lowest BCUT2D eigenvalue weighted by atomic mass is 9.93. The van der Waals surface area contributed by atoms with Crippen LogP contribution in [0.5, 0.6) is 0 Å². The molecule has 25 heavy (non-hydrogen) atoms. The van der Waals surface area contributed by atoms with Crippen LogP contribution in [0.25, 0.3) is 11.0 Å². The van der Waals surface area contributed by atoms with E-state index in [9.17, 15) is 13.2 Å². The Bertz CT molecular complexity index is 874. The number of hydrogen-bond donors (Lipinski definition) is 1. The maximum Gasteiger partial charge on any atom is 0.289 e. The van der Waals surface area contributed by atoms with Crippen LogP contribution in [0.3, 0.4) is 0 Å². The third-order valence-electron chi connectivity index (χ3n) is 4.97. The minimum Gasteiger partial charge on any atom is -0.451 e. The summed E-state index contributed by atoms with van der Waals surface area (Å²) in [6.45, 7) is 1.92. The average molecular weight is 364 g/mol. The standard InChI is InChI=1S/C17H20N2O5S/c1-25(21,22)18-7-12-10-23-16-9-19(8-13(12)16)17(20)15-6-11-4-2-3-5-14(11)24-15/h2-6,12-13,16,18H,7-10H2,1H3/t12-,13+,16+/m1/s1. The summed E-state index contributed by atoms with van der Waals surface area (Å²) in [6.07, 6.45) is 1.10. The first kappa shape index (κ1) is 16.6. The number of sulfonamides is 1. The lowest BCUT2D eigenvalue weighted by Crippen LogP contribution is -2.34. The third kappa shape index (κ3) is 3.29. The summed E-state index contributed by atoms with van der Waals surface area (Å²) in [5, 5.41) is 0.900.